The van der Waals surface area contributed by atoms with Crippen LogP contribution in [0.4, 0.5) is 0 Å². The van der Waals surface area contributed by atoms with Gasteiger partial charge in [0.15, 0.2) is 0 Å². The van der Waals surface area contributed by atoms with Crippen molar-refractivity contribution in [3.63, 3.8) is 0 Å². The summed E-state index contributed by atoms with van der Waals surface area (Å²) in [7, 11) is -4.59. The molecule has 0 saturated heterocycles. The predicted octanol–water partition coefficient (Wildman–Crippen LogP) is 4.09. The van der Waals surface area contributed by atoms with E-state index in [1.807, 2.05) is 86.6 Å². The molecule has 37 heavy (non-hydrogen) atoms. The molecule has 3 atom stereocenters. The number of carbonyl (C=O) groups excluding carboxylic acids is 1. The number of fused-ring (bicyclic) bond motifs is 1. The zero-order valence-corrected chi connectivity index (χ0v) is 22.0. The molecule has 0 aliphatic rings. The van der Waals surface area contributed by atoms with Crippen molar-refractivity contribution in [2.75, 3.05) is 0 Å². The Morgan fingerprint density at radius 2 is 1.54 bits per heavy atom. The zero-order chi connectivity index (χ0) is 27.0. The van der Waals surface area contributed by atoms with E-state index in [1.165, 1.54) is 0 Å². The lowest BCUT2D eigenvalue weighted by Crippen LogP contribution is -2.53. The number of carboxylic acid groups (broad SMARTS) is 1. The molecule has 0 radical (unpaired) electrons. The van der Waals surface area contributed by atoms with Crippen LogP contribution >= 0.6 is 7.60 Å². The highest BCUT2D eigenvalue weighted by Crippen LogP contribution is 2.42. The molecule has 198 valence electrons. The summed E-state index contributed by atoms with van der Waals surface area (Å²) in [5.74, 6) is -3.00. The highest BCUT2D eigenvalue weighted by atomic mass is 31.2. The van der Waals surface area contributed by atoms with Gasteiger partial charge in [-0.05, 0) is 47.1 Å². The molecular weight excluding hydrogens is 491 g/mol. The Kier molecular flexibility index (Phi) is 10.0. The van der Waals surface area contributed by atoms with E-state index in [0.29, 0.717) is 6.42 Å². The lowest BCUT2D eigenvalue weighted by atomic mass is 9.98. The van der Waals surface area contributed by atoms with Crippen molar-refractivity contribution in [2.24, 2.45) is 5.92 Å². The number of carbonyl (C=O) groups is 2. The van der Waals surface area contributed by atoms with Gasteiger partial charge in [0.05, 0.1) is 6.04 Å². The topological polar surface area (TPSA) is 136 Å². The summed E-state index contributed by atoms with van der Waals surface area (Å²) in [6.07, 6.45) is 0.897. The summed E-state index contributed by atoms with van der Waals surface area (Å²) in [4.78, 5) is 45.4. The normalized spacial score (nSPS) is 14.3. The van der Waals surface area contributed by atoms with Crippen LogP contribution in [0.1, 0.15) is 37.8 Å². The largest absolute Gasteiger partial charge is 0.480 e. The third-order valence-electron chi connectivity index (χ3n) is 6.29. The number of carboxylic acids is 1. The quantitative estimate of drug-likeness (QED) is 0.212. The molecule has 0 aliphatic heterocycles. The van der Waals surface area contributed by atoms with Crippen LogP contribution in [-0.2, 0) is 27.0 Å². The monoisotopic (exact) mass is 526 g/mol. The highest BCUT2D eigenvalue weighted by Gasteiger charge is 2.34. The summed E-state index contributed by atoms with van der Waals surface area (Å²) in [5, 5.41) is 17.2. The molecule has 0 saturated carbocycles. The fourth-order valence-electron chi connectivity index (χ4n) is 4.41. The van der Waals surface area contributed by atoms with Crippen LogP contribution in [0, 0.1) is 5.92 Å². The standard InChI is InChI=1S/C28H35N2O6P/c1-19(2)17-24(29-26(37(34,35)36)16-15-20-9-4-3-5-10-20)27(31)30-25(28(32)33)18-22-13-8-12-21-11-6-7-14-23(21)22/h3-14,19,24-26,29H,15-18H2,1-2H3,(H,30,31)(H,32,33)(H2,34,35,36)/t24-,25-,26?/m0/s1. The third kappa shape index (κ3) is 8.51. The van der Waals surface area contributed by atoms with Crippen molar-refractivity contribution < 1.29 is 29.0 Å². The molecule has 0 bridgehead atoms. The van der Waals surface area contributed by atoms with Gasteiger partial charge in [0, 0.05) is 6.42 Å². The average molecular weight is 527 g/mol. The first-order valence-corrected chi connectivity index (χ1v) is 14.1. The molecule has 5 N–H and O–H groups in total. The number of nitrogens with one attached hydrogen (secondary N) is 2. The first kappa shape index (κ1) is 28.5. The van der Waals surface area contributed by atoms with Crippen LogP contribution in [0.5, 0.6) is 0 Å². The molecule has 9 heteroatoms. The van der Waals surface area contributed by atoms with Gasteiger partial charge in [-0.3, -0.25) is 14.7 Å². The molecule has 3 aromatic carbocycles. The number of amides is 1. The van der Waals surface area contributed by atoms with E-state index in [9.17, 15) is 29.0 Å². The Balaban J connectivity index is 1.77. The van der Waals surface area contributed by atoms with E-state index in [-0.39, 0.29) is 25.2 Å². The molecule has 0 fully saturated rings. The predicted molar refractivity (Wildman–Crippen MR) is 144 cm³/mol. The Morgan fingerprint density at radius 1 is 0.892 bits per heavy atom. The van der Waals surface area contributed by atoms with Crippen LogP contribution in [0.25, 0.3) is 10.8 Å². The van der Waals surface area contributed by atoms with Gasteiger partial charge in [-0.25, -0.2) is 4.79 Å². The number of benzene rings is 3. The fraction of sp³-hybridized carbons (Fsp3) is 0.357. The van der Waals surface area contributed by atoms with Gasteiger partial charge in [-0.1, -0.05) is 86.6 Å². The van der Waals surface area contributed by atoms with Crippen LogP contribution in [0.15, 0.2) is 72.8 Å². The zero-order valence-electron chi connectivity index (χ0n) is 21.1. The summed E-state index contributed by atoms with van der Waals surface area (Å²) >= 11 is 0. The van der Waals surface area contributed by atoms with Crippen molar-refractivity contribution in [2.45, 2.75) is 57.4 Å². The Hall–Kier alpha value is -3.03. The lowest BCUT2D eigenvalue weighted by Gasteiger charge is -2.28. The second-order valence-electron chi connectivity index (χ2n) is 9.72. The minimum Gasteiger partial charge on any atom is -0.480 e. The number of hydrogen-bond donors (Lipinski definition) is 5. The number of rotatable bonds is 13. The number of hydrogen-bond acceptors (Lipinski definition) is 4. The fourth-order valence-corrected chi connectivity index (χ4v) is 5.25. The maximum atomic E-state index is 13.3. The van der Waals surface area contributed by atoms with Crippen LogP contribution < -0.4 is 10.6 Å². The molecule has 3 aromatic rings. The van der Waals surface area contributed by atoms with E-state index in [0.717, 1.165) is 21.9 Å². The maximum absolute atomic E-state index is 13.3. The first-order valence-electron chi connectivity index (χ1n) is 12.4. The summed E-state index contributed by atoms with van der Waals surface area (Å²) in [6, 6.07) is 20.4. The molecule has 3 rings (SSSR count). The number of aliphatic carboxylic acids is 1. The molecule has 1 amide bonds. The van der Waals surface area contributed by atoms with Crippen LogP contribution in [0.2, 0.25) is 0 Å². The lowest BCUT2D eigenvalue weighted by molar-refractivity contribution is -0.142. The maximum Gasteiger partial charge on any atom is 0.342 e. The van der Waals surface area contributed by atoms with Gasteiger partial charge in [0.2, 0.25) is 5.91 Å². The molecule has 0 spiro atoms. The minimum absolute atomic E-state index is 0.0242. The van der Waals surface area contributed by atoms with E-state index in [2.05, 4.69) is 10.6 Å². The van der Waals surface area contributed by atoms with Gasteiger partial charge in [-0.15, -0.1) is 0 Å². The van der Waals surface area contributed by atoms with Gasteiger partial charge in [0.1, 0.15) is 11.8 Å². The third-order valence-corrected chi connectivity index (χ3v) is 7.51. The molecule has 0 aliphatic carbocycles. The van der Waals surface area contributed by atoms with Gasteiger partial charge in [0.25, 0.3) is 0 Å². The van der Waals surface area contributed by atoms with Crippen LogP contribution in [0.3, 0.4) is 0 Å². The first-order chi connectivity index (χ1) is 17.5. The number of aryl methyl sites for hydroxylation is 1. The summed E-state index contributed by atoms with van der Waals surface area (Å²) < 4.78 is 12.3. The Bertz CT molecular complexity index is 1240. The van der Waals surface area contributed by atoms with Crippen molar-refractivity contribution in [3.8, 4) is 0 Å². The second-order valence-corrected chi connectivity index (χ2v) is 11.5. The molecule has 1 unspecified atom stereocenters. The molecule has 0 heterocycles. The van der Waals surface area contributed by atoms with Gasteiger partial charge >= 0.3 is 13.6 Å². The van der Waals surface area contributed by atoms with E-state index in [4.69, 9.17) is 0 Å². The minimum atomic E-state index is -4.59. The average Bonchev–Trinajstić information content (AvgIpc) is 2.85. The second kappa shape index (κ2) is 13.0. The SMILES string of the molecule is CC(C)C[C@H](NC(CCc1ccccc1)P(=O)(O)O)C(=O)N[C@@H](Cc1cccc2ccccc12)C(=O)O. The van der Waals surface area contributed by atoms with Gasteiger partial charge < -0.3 is 20.2 Å². The Labute approximate surface area is 217 Å². The molecular formula is C28H35N2O6P. The van der Waals surface area contributed by atoms with E-state index >= 15 is 0 Å². The van der Waals surface area contributed by atoms with Gasteiger partial charge in [-0.2, -0.15) is 0 Å². The summed E-state index contributed by atoms with van der Waals surface area (Å²) in [5.41, 5.74) is 1.71. The van der Waals surface area contributed by atoms with E-state index in [1.54, 1.807) is 0 Å². The highest BCUT2D eigenvalue weighted by molar-refractivity contribution is 7.52. The molecule has 8 nitrogen and oxygen atoms in total. The van der Waals surface area contributed by atoms with Crippen LogP contribution in [-0.4, -0.2) is 44.6 Å². The smallest absolute Gasteiger partial charge is 0.342 e. The molecule has 0 aromatic heterocycles. The van der Waals surface area contributed by atoms with E-state index < -0.39 is 37.3 Å². The van der Waals surface area contributed by atoms with Crippen molar-refractivity contribution in [1.82, 2.24) is 10.6 Å². The van der Waals surface area contributed by atoms with Crippen molar-refractivity contribution in [3.05, 3.63) is 83.9 Å². The van der Waals surface area contributed by atoms with Crippen molar-refractivity contribution in [1.29, 1.82) is 0 Å². The summed E-state index contributed by atoms with van der Waals surface area (Å²) in [6.45, 7) is 3.78. The Morgan fingerprint density at radius 3 is 2.19 bits per heavy atom. The van der Waals surface area contributed by atoms with Crippen molar-refractivity contribution >= 4 is 30.2 Å².